The zero-order chi connectivity index (χ0) is 32.0. The Morgan fingerprint density at radius 1 is 0.977 bits per heavy atom. The van der Waals surface area contributed by atoms with Gasteiger partial charge in [-0.05, 0) is 68.7 Å². The van der Waals surface area contributed by atoms with Crippen LogP contribution >= 0.6 is 34.8 Å². The normalized spacial score (nSPS) is 14.2. The number of halogens is 3. The maximum atomic E-state index is 14.3. The number of hydrogen-bond donors (Lipinski definition) is 1. The number of anilines is 1. The van der Waals surface area contributed by atoms with Gasteiger partial charge in [0.05, 0.1) is 22.7 Å². The molecule has 2 amide bonds. The summed E-state index contributed by atoms with van der Waals surface area (Å²) in [4.78, 5) is 29.3. The average Bonchev–Trinajstić information content (AvgIpc) is 3.50. The molecule has 0 aliphatic heterocycles. The van der Waals surface area contributed by atoms with Crippen LogP contribution in [0.4, 0.5) is 5.69 Å². The maximum absolute atomic E-state index is 14.3. The summed E-state index contributed by atoms with van der Waals surface area (Å²) in [5.74, 6) is -0.576. The number of amides is 2. The maximum Gasteiger partial charge on any atom is 0.264 e. The van der Waals surface area contributed by atoms with Crippen molar-refractivity contribution in [2.24, 2.45) is 0 Å². The van der Waals surface area contributed by atoms with E-state index in [9.17, 15) is 18.0 Å². The lowest BCUT2D eigenvalue weighted by Crippen LogP contribution is -2.53. The second-order valence-corrected chi connectivity index (χ2v) is 13.9. The van der Waals surface area contributed by atoms with Gasteiger partial charge >= 0.3 is 0 Å². The van der Waals surface area contributed by atoms with Gasteiger partial charge in [-0.15, -0.1) is 0 Å². The predicted molar refractivity (Wildman–Crippen MR) is 175 cm³/mol. The standard InChI is InChI=1S/C32H36Cl3N3O5S/c1-4-29(32(40)36-22-8-5-6-9-22)37(19-25-26(33)10-7-11-27(25)34)31(39)20-38(23-14-17-30(43-3)28(35)18-23)44(41,42)24-15-12-21(2)13-16-24/h7,10-18,22,29H,4-6,8-9,19-20H2,1-3H3,(H,36,40). The molecule has 1 saturated carbocycles. The molecule has 1 atom stereocenters. The van der Waals surface area contributed by atoms with Gasteiger partial charge in [0, 0.05) is 28.2 Å². The minimum Gasteiger partial charge on any atom is -0.495 e. The van der Waals surface area contributed by atoms with Gasteiger partial charge in [0.15, 0.2) is 0 Å². The van der Waals surface area contributed by atoms with Crippen LogP contribution in [0.1, 0.15) is 50.2 Å². The van der Waals surface area contributed by atoms with Gasteiger partial charge in [-0.1, -0.05) is 78.3 Å². The molecule has 3 aromatic rings. The molecule has 0 radical (unpaired) electrons. The SMILES string of the molecule is CCC(C(=O)NC1CCCC1)N(Cc1c(Cl)cccc1Cl)C(=O)CN(c1ccc(OC)c(Cl)c1)S(=O)(=O)c1ccc(C)cc1. The predicted octanol–water partition coefficient (Wildman–Crippen LogP) is 7.03. The molecule has 0 bridgehead atoms. The van der Waals surface area contributed by atoms with Crippen molar-refractivity contribution in [2.75, 3.05) is 18.0 Å². The first kappa shape index (κ1) is 33.9. The van der Waals surface area contributed by atoms with Gasteiger partial charge in [-0.3, -0.25) is 13.9 Å². The highest BCUT2D eigenvalue weighted by Crippen LogP contribution is 2.33. The van der Waals surface area contributed by atoms with E-state index in [1.54, 1.807) is 37.3 Å². The first-order valence-electron chi connectivity index (χ1n) is 14.4. The van der Waals surface area contributed by atoms with Crippen molar-refractivity contribution in [3.05, 3.63) is 86.9 Å². The Labute approximate surface area is 274 Å². The van der Waals surface area contributed by atoms with Crippen LogP contribution in [0.15, 0.2) is 65.6 Å². The number of carbonyl (C=O) groups is 2. The van der Waals surface area contributed by atoms with Crippen LogP contribution in [-0.2, 0) is 26.2 Å². The highest BCUT2D eigenvalue weighted by atomic mass is 35.5. The minimum absolute atomic E-state index is 0.00504. The van der Waals surface area contributed by atoms with Crippen LogP contribution in [-0.4, -0.2) is 50.9 Å². The molecule has 3 aromatic carbocycles. The first-order valence-corrected chi connectivity index (χ1v) is 17.0. The van der Waals surface area contributed by atoms with E-state index in [0.717, 1.165) is 35.6 Å². The summed E-state index contributed by atoms with van der Waals surface area (Å²) < 4.78 is 34.4. The zero-order valence-corrected chi connectivity index (χ0v) is 27.9. The van der Waals surface area contributed by atoms with Gasteiger partial charge in [-0.25, -0.2) is 8.42 Å². The number of benzene rings is 3. The van der Waals surface area contributed by atoms with E-state index in [4.69, 9.17) is 39.5 Å². The fraction of sp³-hybridized carbons (Fsp3) is 0.375. The second kappa shape index (κ2) is 14.9. The lowest BCUT2D eigenvalue weighted by molar-refractivity contribution is -0.140. The van der Waals surface area contributed by atoms with Gasteiger partial charge in [0.25, 0.3) is 10.0 Å². The third kappa shape index (κ3) is 7.80. The molecule has 8 nitrogen and oxygen atoms in total. The van der Waals surface area contributed by atoms with Gasteiger partial charge in [0.2, 0.25) is 11.8 Å². The molecule has 236 valence electrons. The lowest BCUT2D eigenvalue weighted by atomic mass is 10.1. The molecular weight excluding hydrogens is 645 g/mol. The smallest absolute Gasteiger partial charge is 0.264 e. The number of methoxy groups -OCH3 is 1. The van der Waals surface area contributed by atoms with Gasteiger partial charge in [0.1, 0.15) is 18.3 Å². The van der Waals surface area contributed by atoms with Crippen molar-refractivity contribution < 1.29 is 22.7 Å². The summed E-state index contributed by atoms with van der Waals surface area (Å²) >= 11 is 19.4. The van der Waals surface area contributed by atoms with Crippen molar-refractivity contribution in [1.29, 1.82) is 0 Å². The second-order valence-electron chi connectivity index (χ2n) is 10.8. The summed E-state index contributed by atoms with van der Waals surface area (Å²) in [6.45, 7) is 2.93. The van der Waals surface area contributed by atoms with Crippen LogP contribution in [0.5, 0.6) is 5.75 Å². The minimum atomic E-state index is -4.26. The van der Waals surface area contributed by atoms with Crippen molar-refractivity contribution in [1.82, 2.24) is 10.2 Å². The van der Waals surface area contributed by atoms with Gasteiger partial charge in [-0.2, -0.15) is 0 Å². The Bertz CT molecular complexity index is 1570. The fourth-order valence-corrected chi connectivity index (χ4v) is 7.49. The number of sulfonamides is 1. The molecule has 0 saturated heterocycles. The molecule has 1 fully saturated rings. The van der Waals surface area contributed by atoms with E-state index in [1.165, 1.54) is 42.3 Å². The molecule has 4 rings (SSSR count). The van der Waals surface area contributed by atoms with E-state index in [2.05, 4.69) is 5.32 Å². The summed E-state index contributed by atoms with van der Waals surface area (Å²) in [6, 6.07) is 14.9. The Balaban J connectivity index is 1.77. The number of carbonyl (C=O) groups excluding carboxylic acids is 2. The van der Waals surface area contributed by atoms with Crippen molar-refractivity contribution in [3.63, 3.8) is 0 Å². The Morgan fingerprint density at radius 3 is 2.18 bits per heavy atom. The zero-order valence-electron chi connectivity index (χ0n) is 24.9. The molecule has 12 heteroatoms. The summed E-state index contributed by atoms with van der Waals surface area (Å²) in [5, 5.41) is 3.91. The van der Waals surface area contributed by atoms with Crippen LogP contribution in [0.3, 0.4) is 0 Å². The average molecular weight is 681 g/mol. The highest BCUT2D eigenvalue weighted by Gasteiger charge is 2.35. The van der Waals surface area contributed by atoms with E-state index >= 15 is 0 Å². The molecule has 44 heavy (non-hydrogen) atoms. The Morgan fingerprint density at radius 2 is 1.61 bits per heavy atom. The molecule has 0 aromatic heterocycles. The van der Waals surface area contributed by atoms with Crippen LogP contribution in [0, 0.1) is 6.92 Å². The number of aryl methyl sites for hydroxylation is 1. The van der Waals surface area contributed by atoms with E-state index in [1.807, 2.05) is 6.92 Å². The third-order valence-corrected chi connectivity index (χ3v) is 10.6. The molecule has 1 aliphatic rings. The van der Waals surface area contributed by atoms with Crippen LogP contribution in [0.2, 0.25) is 15.1 Å². The quantitative estimate of drug-likeness (QED) is 0.222. The van der Waals surface area contributed by atoms with Crippen molar-refractivity contribution in [3.8, 4) is 5.75 Å². The molecule has 1 aliphatic carbocycles. The summed E-state index contributed by atoms with van der Waals surface area (Å²) in [5.41, 5.74) is 1.49. The number of hydrogen-bond acceptors (Lipinski definition) is 5. The molecule has 0 spiro atoms. The summed E-state index contributed by atoms with van der Waals surface area (Å²) in [6.07, 6.45) is 4.07. The van der Waals surface area contributed by atoms with Crippen LogP contribution in [0.25, 0.3) is 0 Å². The van der Waals surface area contributed by atoms with Gasteiger partial charge < -0.3 is 15.0 Å². The number of nitrogens with zero attached hydrogens (tertiary/aromatic N) is 2. The first-order chi connectivity index (χ1) is 21.0. The van der Waals surface area contributed by atoms with Crippen molar-refractivity contribution >= 4 is 62.3 Å². The Hall–Kier alpha value is -2.98. The van der Waals surface area contributed by atoms with E-state index < -0.39 is 28.5 Å². The molecule has 1 N–H and O–H groups in total. The number of rotatable bonds is 12. The molecule has 0 heterocycles. The van der Waals surface area contributed by atoms with E-state index in [-0.39, 0.29) is 40.5 Å². The molecule has 1 unspecified atom stereocenters. The number of ether oxygens (including phenoxy) is 1. The largest absolute Gasteiger partial charge is 0.495 e. The number of nitrogens with one attached hydrogen (secondary N) is 1. The van der Waals surface area contributed by atoms with Crippen molar-refractivity contribution in [2.45, 2.75) is 69.5 Å². The Kier molecular flexibility index (Phi) is 11.5. The highest BCUT2D eigenvalue weighted by molar-refractivity contribution is 7.92. The van der Waals surface area contributed by atoms with Crippen LogP contribution < -0.4 is 14.4 Å². The fourth-order valence-electron chi connectivity index (χ4n) is 5.32. The monoisotopic (exact) mass is 679 g/mol. The topological polar surface area (TPSA) is 96.0 Å². The third-order valence-electron chi connectivity index (χ3n) is 7.79. The summed E-state index contributed by atoms with van der Waals surface area (Å²) in [7, 11) is -2.81. The lowest BCUT2D eigenvalue weighted by Gasteiger charge is -2.34. The molecular formula is C32H36Cl3N3O5S. The van der Waals surface area contributed by atoms with E-state index in [0.29, 0.717) is 21.4 Å².